The van der Waals surface area contributed by atoms with E-state index < -0.39 is 23.7 Å². The average molecular weight is 336 g/mol. The third-order valence-corrected chi connectivity index (χ3v) is 3.66. The molecule has 1 atom stereocenters. The van der Waals surface area contributed by atoms with Crippen LogP contribution >= 0.6 is 12.0 Å². The van der Waals surface area contributed by atoms with Gasteiger partial charge in [-0.05, 0) is 50.3 Å². The van der Waals surface area contributed by atoms with Crippen molar-refractivity contribution in [2.75, 3.05) is 6.61 Å². The minimum Gasteiger partial charge on any atom is -0.494 e. The number of benzene rings is 1. The highest BCUT2D eigenvalue weighted by atomic mass is 32.2. The molecule has 1 aromatic rings. The van der Waals surface area contributed by atoms with Gasteiger partial charge < -0.3 is 8.92 Å². The zero-order valence-electron chi connectivity index (χ0n) is 13.0. The smallest absolute Gasteiger partial charge is 0.467 e. The van der Waals surface area contributed by atoms with Crippen LogP contribution < -0.4 is 4.74 Å². The standard InChI is InChI=1S/C16H23F3O2S/c1-3-4-11-20-15-10-6-9-14(12-15)8-5-7-13(2)21-22-16(17,18)19/h6,9-10,12-13H,3-5,7-8,11H2,1-2H3. The molecular weight excluding hydrogens is 313 g/mol. The first kappa shape index (κ1) is 19.2. The fraction of sp³-hybridized carbons (Fsp3) is 0.625. The van der Waals surface area contributed by atoms with E-state index in [1.165, 1.54) is 0 Å². The highest BCUT2D eigenvalue weighted by molar-refractivity contribution is 7.95. The molecule has 0 saturated heterocycles. The van der Waals surface area contributed by atoms with Crippen molar-refractivity contribution in [3.05, 3.63) is 29.8 Å². The Balaban J connectivity index is 2.28. The second kappa shape index (κ2) is 10.0. The van der Waals surface area contributed by atoms with E-state index in [2.05, 4.69) is 6.92 Å². The Hall–Kier alpha value is -0.880. The summed E-state index contributed by atoms with van der Waals surface area (Å²) < 4.78 is 46.3. The summed E-state index contributed by atoms with van der Waals surface area (Å²) in [7, 11) is 0. The van der Waals surface area contributed by atoms with Gasteiger partial charge >= 0.3 is 5.51 Å². The SMILES string of the molecule is CCCCOc1cccc(CCCC(C)OSC(F)(F)F)c1. The maximum atomic E-state index is 12.0. The Labute approximate surface area is 134 Å². The van der Waals surface area contributed by atoms with Gasteiger partial charge in [-0.15, -0.1) is 0 Å². The summed E-state index contributed by atoms with van der Waals surface area (Å²) >= 11 is -0.418. The van der Waals surface area contributed by atoms with Gasteiger partial charge in [0.05, 0.1) is 12.7 Å². The summed E-state index contributed by atoms with van der Waals surface area (Å²) in [6, 6.07) is 7.86. The largest absolute Gasteiger partial charge is 0.494 e. The zero-order chi connectivity index (χ0) is 16.4. The molecule has 0 radical (unpaired) electrons. The molecule has 0 saturated carbocycles. The van der Waals surface area contributed by atoms with Crippen molar-refractivity contribution >= 4 is 12.0 Å². The van der Waals surface area contributed by atoms with E-state index in [0.29, 0.717) is 13.0 Å². The zero-order valence-corrected chi connectivity index (χ0v) is 13.8. The van der Waals surface area contributed by atoms with Crippen LogP contribution in [0.5, 0.6) is 5.75 Å². The van der Waals surface area contributed by atoms with Crippen LogP contribution in [-0.4, -0.2) is 18.2 Å². The highest BCUT2D eigenvalue weighted by Gasteiger charge is 2.30. The number of ether oxygens (including phenoxy) is 1. The van der Waals surface area contributed by atoms with Crippen molar-refractivity contribution in [3.8, 4) is 5.75 Å². The number of aryl methyl sites for hydroxylation is 1. The van der Waals surface area contributed by atoms with E-state index in [1.54, 1.807) is 6.92 Å². The second-order valence-corrected chi connectivity index (χ2v) is 6.00. The first-order valence-electron chi connectivity index (χ1n) is 7.53. The number of rotatable bonds is 10. The molecule has 0 aliphatic carbocycles. The molecule has 2 nitrogen and oxygen atoms in total. The first-order chi connectivity index (χ1) is 10.4. The van der Waals surface area contributed by atoms with Crippen molar-refractivity contribution in [1.82, 2.24) is 0 Å². The lowest BCUT2D eigenvalue weighted by Crippen LogP contribution is -2.09. The molecule has 0 aliphatic rings. The van der Waals surface area contributed by atoms with Crippen molar-refractivity contribution < 1.29 is 22.1 Å². The number of halogens is 3. The second-order valence-electron chi connectivity index (χ2n) is 5.18. The van der Waals surface area contributed by atoms with Crippen molar-refractivity contribution in [3.63, 3.8) is 0 Å². The van der Waals surface area contributed by atoms with E-state index in [1.807, 2.05) is 24.3 Å². The lowest BCUT2D eigenvalue weighted by molar-refractivity contribution is -0.0416. The van der Waals surface area contributed by atoms with Crippen LogP contribution in [0.4, 0.5) is 13.2 Å². The van der Waals surface area contributed by atoms with Gasteiger partial charge in [0.25, 0.3) is 0 Å². The van der Waals surface area contributed by atoms with E-state index in [-0.39, 0.29) is 0 Å². The topological polar surface area (TPSA) is 18.5 Å². The van der Waals surface area contributed by atoms with Crippen molar-refractivity contribution in [2.45, 2.75) is 57.6 Å². The number of hydrogen-bond acceptors (Lipinski definition) is 3. The maximum absolute atomic E-state index is 12.0. The van der Waals surface area contributed by atoms with Crippen LogP contribution in [0.15, 0.2) is 24.3 Å². The summed E-state index contributed by atoms with van der Waals surface area (Å²) in [5.74, 6) is 0.850. The molecule has 22 heavy (non-hydrogen) atoms. The molecule has 0 N–H and O–H groups in total. The number of alkyl halides is 3. The van der Waals surface area contributed by atoms with Gasteiger partial charge in [-0.25, -0.2) is 0 Å². The normalized spacial score (nSPS) is 13.1. The minimum absolute atomic E-state index is 0.418. The summed E-state index contributed by atoms with van der Waals surface area (Å²) in [5, 5.41) is 0. The molecule has 0 aliphatic heterocycles. The van der Waals surface area contributed by atoms with E-state index in [0.717, 1.165) is 37.0 Å². The van der Waals surface area contributed by atoms with Crippen LogP contribution in [0, 0.1) is 0 Å². The lowest BCUT2D eigenvalue weighted by atomic mass is 10.1. The number of hydrogen-bond donors (Lipinski definition) is 0. The molecule has 1 rings (SSSR count). The Bertz CT molecular complexity index is 424. The van der Waals surface area contributed by atoms with Crippen LogP contribution in [0.25, 0.3) is 0 Å². The molecule has 0 amide bonds. The molecule has 0 heterocycles. The van der Waals surface area contributed by atoms with Gasteiger partial charge in [-0.3, -0.25) is 0 Å². The molecule has 1 unspecified atom stereocenters. The van der Waals surface area contributed by atoms with Gasteiger partial charge in [0.15, 0.2) is 0 Å². The molecule has 0 fully saturated rings. The fourth-order valence-corrected chi connectivity index (χ4v) is 2.27. The maximum Gasteiger partial charge on any atom is 0.467 e. The summed E-state index contributed by atoms with van der Waals surface area (Å²) in [6.07, 6.45) is 3.86. The third kappa shape index (κ3) is 9.20. The van der Waals surface area contributed by atoms with Crippen LogP contribution in [0.1, 0.15) is 45.1 Å². The minimum atomic E-state index is -4.33. The average Bonchev–Trinajstić information content (AvgIpc) is 2.45. The van der Waals surface area contributed by atoms with Crippen molar-refractivity contribution in [1.29, 1.82) is 0 Å². The molecular formula is C16H23F3O2S. The summed E-state index contributed by atoms with van der Waals surface area (Å²) in [4.78, 5) is 0. The van der Waals surface area contributed by atoms with Gasteiger partial charge in [-0.2, -0.15) is 13.2 Å². The Kier molecular flexibility index (Phi) is 8.71. The van der Waals surface area contributed by atoms with Gasteiger partial charge in [0.1, 0.15) is 17.8 Å². The molecule has 6 heteroatoms. The van der Waals surface area contributed by atoms with Gasteiger partial charge in [0.2, 0.25) is 0 Å². The van der Waals surface area contributed by atoms with Gasteiger partial charge in [0, 0.05) is 0 Å². The quantitative estimate of drug-likeness (QED) is 0.400. The molecule has 0 spiro atoms. The van der Waals surface area contributed by atoms with E-state index in [9.17, 15) is 13.2 Å². The first-order valence-corrected chi connectivity index (χ1v) is 8.28. The summed E-state index contributed by atoms with van der Waals surface area (Å²) in [5.41, 5.74) is -3.21. The molecule has 0 aromatic heterocycles. The van der Waals surface area contributed by atoms with E-state index in [4.69, 9.17) is 8.92 Å². The fourth-order valence-electron chi connectivity index (χ4n) is 1.90. The van der Waals surface area contributed by atoms with Crippen molar-refractivity contribution in [2.24, 2.45) is 0 Å². The van der Waals surface area contributed by atoms with Gasteiger partial charge in [-0.1, -0.05) is 25.5 Å². The Morgan fingerprint density at radius 3 is 2.68 bits per heavy atom. The number of unbranched alkanes of at least 4 members (excludes halogenated alkanes) is 1. The molecule has 0 bridgehead atoms. The molecule has 1 aromatic carbocycles. The monoisotopic (exact) mass is 336 g/mol. The Morgan fingerprint density at radius 2 is 2.00 bits per heavy atom. The lowest BCUT2D eigenvalue weighted by Gasteiger charge is -2.13. The Morgan fingerprint density at radius 1 is 1.23 bits per heavy atom. The van der Waals surface area contributed by atoms with E-state index >= 15 is 0 Å². The third-order valence-electron chi connectivity index (χ3n) is 3.05. The van der Waals surface area contributed by atoms with Crippen LogP contribution in [0.3, 0.4) is 0 Å². The highest BCUT2D eigenvalue weighted by Crippen LogP contribution is 2.32. The van der Waals surface area contributed by atoms with Crippen LogP contribution in [-0.2, 0) is 10.6 Å². The predicted molar refractivity (Wildman–Crippen MR) is 84.0 cm³/mol. The van der Waals surface area contributed by atoms with Crippen LogP contribution in [0.2, 0.25) is 0 Å². The molecule has 126 valence electrons. The predicted octanol–water partition coefficient (Wildman–Crippen LogP) is 5.76. The summed E-state index contributed by atoms with van der Waals surface area (Å²) in [6.45, 7) is 4.47.